The molecule has 0 aromatic carbocycles. The van der Waals surface area contributed by atoms with Crippen molar-refractivity contribution in [3.05, 3.63) is 0 Å². The van der Waals surface area contributed by atoms with Gasteiger partial charge < -0.3 is 53.6 Å². The summed E-state index contributed by atoms with van der Waals surface area (Å²) in [6.45, 7) is -0.953. The van der Waals surface area contributed by atoms with E-state index < -0.39 is 74.1 Å². The lowest BCUT2D eigenvalue weighted by molar-refractivity contribution is -0.150. The highest BCUT2D eigenvalue weighted by atomic mass is 16.7. The molecule has 0 aliphatic rings. The second-order valence-corrected chi connectivity index (χ2v) is 6.92. The normalized spacial score (nSPS) is 12.1. The molecular formula is C20H30O17. The maximum Gasteiger partial charge on any atom is 0.508 e. The number of ether oxygens (including phenoxy) is 7. The molecule has 0 aliphatic heterocycles. The summed E-state index contributed by atoms with van der Waals surface area (Å²) in [4.78, 5) is 65.4. The molecule has 0 saturated heterocycles. The molecule has 0 spiro atoms. The summed E-state index contributed by atoms with van der Waals surface area (Å²) < 4.78 is 33.9. The van der Waals surface area contributed by atoms with Crippen molar-refractivity contribution in [1.82, 2.24) is 0 Å². The second-order valence-electron chi connectivity index (χ2n) is 6.92. The molecule has 17 nitrogen and oxygen atoms in total. The van der Waals surface area contributed by atoms with Gasteiger partial charge in [-0.15, -0.1) is 0 Å². The van der Waals surface area contributed by atoms with Crippen LogP contribution in [0.1, 0.15) is 12.8 Å². The highest BCUT2D eigenvalue weighted by molar-refractivity contribution is 5.78. The molecule has 0 heterocycles. The van der Waals surface area contributed by atoms with Crippen molar-refractivity contribution in [3.8, 4) is 0 Å². The highest BCUT2D eigenvalue weighted by Gasteiger charge is 2.24. The minimum atomic E-state index is -1.42. The van der Waals surface area contributed by atoms with Gasteiger partial charge in [0.2, 0.25) is 0 Å². The fourth-order valence-electron chi connectivity index (χ4n) is 2.19. The predicted molar refractivity (Wildman–Crippen MR) is 114 cm³/mol. The minimum Gasteiger partial charge on any atom is -0.481 e. The van der Waals surface area contributed by atoms with E-state index in [9.17, 15) is 28.8 Å². The first-order valence-electron chi connectivity index (χ1n) is 10.7. The van der Waals surface area contributed by atoms with Crippen LogP contribution in [0.5, 0.6) is 0 Å². The van der Waals surface area contributed by atoms with Crippen molar-refractivity contribution in [1.29, 1.82) is 0 Å². The molecule has 0 rings (SSSR count). The van der Waals surface area contributed by atoms with Crippen LogP contribution in [0.3, 0.4) is 0 Å². The number of carboxylic acids is 4. The van der Waals surface area contributed by atoms with Gasteiger partial charge >= 0.3 is 36.2 Å². The molecule has 0 bridgehead atoms. The van der Waals surface area contributed by atoms with Gasteiger partial charge in [-0.2, -0.15) is 0 Å². The van der Waals surface area contributed by atoms with E-state index in [1.807, 2.05) is 0 Å². The van der Waals surface area contributed by atoms with E-state index in [-0.39, 0.29) is 52.9 Å². The zero-order chi connectivity index (χ0) is 28.1. The van der Waals surface area contributed by atoms with Gasteiger partial charge in [0.1, 0.15) is 38.3 Å². The van der Waals surface area contributed by atoms with Crippen molar-refractivity contribution in [3.63, 3.8) is 0 Å². The Morgan fingerprint density at radius 1 is 0.459 bits per heavy atom. The number of carboxylic acid groups (broad SMARTS) is 4. The zero-order valence-electron chi connectivity index (χ0n) is 19.7. The van der Waals surface area contributed by atoms with Crippen molar-refractivity contribution in [2.45, 2.75) is 12.8 Å². The van der Waals surface area contributed by atoms with Gasteiger partial charge in [0.05, 0.1) is 52.5 Å². The Bertz CT molecular complexity index is 676. The van der Waals surface area contributed by atoms with Gasteiger partial charge in [-0.1, -0.05) is 0 Å². The summed E-state index contributed by atoms with van der Waals surface area (Å²) >= 11 is 0. The fourth-order valence-corrected chi connectivity index (χ4v) is 2.19. The lowest BCUT2D eigenvalue weighted by Gasteiger charge is -2.11. The summed E-state index contributed by atoms with van der Waals surface area (Å²) in [5, 5.41) is 34.8. The van der Waals surface area contributed by atoms with Crippen LogP contribution >= 0.6 is 0 Å². The van der Waals surface area contributed by atoms with Crippen molar-refractivity contribution >= 4 is 36.2 Å². The van der Waals surface area contributed by atoms with Crippen LogP contribution in [-0.2, 0) is 52.3 Å². The van der Waals surface area contributed by atoms with Gasteiger partial charge in [0, 0.05) is 0 Å². The maximum atomic E-state index is 11.3. The number of carbonyl (C=O) groups excluding carboxylic acids is 2. The monoisotopic (exact) mass is 542 g/mol. The molecule has 0 aromatic rings. The Morgan fingerprint density at radius 2 is 0.757 bits per heavy atom. The Labute approximate surface area is 210 Å². The van der Waals surface area contributed by atoms with E-state index in [2.05, 4.69) is 18.9 Å². The molecule has 2 unspecified atom stereocenters. The summed E-state index contributed by atoms with van der Waals surface area (Å²) in [5.74, 6) is -8.29. The van der Waals surface area contributed by atoms with Gasteiger partial charge in [-0.3, -0.25) is 19.2 Å². The Balaban J connectivity index is 3.58. The lowest BCUT2D eigenvalue weighted by atomic mass is 10.1. The Hall–Kier alpha value is -3.70. The Kier molecular flexibility index (Phi) is 18.4. The molecule has 0 saturated carbocycles. The van der Waals surface area contributed by atoms with Gasteiger partial charge in [-0.05, 0) is 0 Å². The maximum absolute atomic E-state index is 11.3. The molecule has 17 heteroatoms. The standard InChI is InChI=1S/C20H30O17/c21-15(22)9-13(17(25)26)11-36-19(29)34-7-5-32-3-1-31-2-4-33-6-8-35-20(30)37-12-14(18(27)28)10-16(23)24/h13-14H,1-12H2,(H,21,22)(H,23,24)(H,25,26)(H,27,28). The fraction of sp³-hybridized carbons (Fsp3) is 0.700. The van der Waals surface area contributed by atoms with Crippen LogP contribution in [0, 0.1) is 11.8 Å². The molecule has 0 aromatic heterocycles. The van der Waals surface area contributed by atoms with Gasteiger partial charge in [-0.25, -0.2) is 9.59 Å². The third kappa shape index (κ3) is 20.2. The number of hydrogen-bond acceptors (Lipinski definition) is 13. The Morgan fingerprint density at radius 3 is 1.03 bits per heavy atom. The average Bonchev–Trinajstić information content (AvgIpc) is 2.81. The van der Waals surface area contributed by atoms with Crippen LogP contribution in [0.4, 0.5) is 9.59 Å². The van der Waals surface area contributed by atoms with Crippen molar-refractivity contribution in [2.75, 3.05) is 66.1 Å². The van der Waals surface area contributed by atoms with Crippen molar-refractivity contribution in [2.24, 2.45) is 11.8 Å². The number of hydrogen-bond donors (Lipinski definition) is 4. The zero-order valence-corrected chi connectivity index (χ0v) is 19.7. The first-order chi connectivity index (χ1) is 17.5. The predicted octanol–water partition coefficient (Wildman–Crippen LogP) is -0.306. The van der Waals surface area contributed by atoms with E-state index in [4.69, 9.17) is 34.6 Å². The van der Waals surface area contributed by atoms with Gasteiger partial charge in [0.15, 0.2) is 0 Å². The average molecular weight is 542 g/mol. The molecule has 212 valence electrons. The van der Waals surface area contributed by atoms with E-state index in [0.29, 0.717) is 0 Å². The first-order valence-corrected chi connectivity index (χ1v) is 10.7. The molecule has 0 aliphatic carbocycles. The van der Waals surface area contributed by atoms with Crippen LogP contribution in [0.15, 0.2) is 0 Å². The van der Waals surface area contributed by atoms with Crippen LogP contribution in [0.2, 0.25) is 0 Å². The SMILES string of the molecule is O=C(O)CC(COC(=O)OCCOCCOCCOCCOC(=O)OCC(CC(=O)O)C(=O)O)C(=O)O. The summed E-state index contributed by atoms with van der Waals surface area (Å²) in [5.41, 5.74) is 0. The van der Waals surface area contributed by atoms with Crippen LogP contribution in [0.25, 0.3) is 0 Å². The lowest BCUT2D eigenvalue weighted by Crippen LogP contribution is -2.25. The molecule has 0 fully saturated rings. The molecule has 0 amide bonds. The second kappa shape index (κ2) is 20.5. The highest BCUT2D eigenvalue weighted by Crippen LogP contribution is 2.06. The van der Waals surface area contributed by atoms with Crippen LogP contribution in [-0.4, -0.2) is 123 Å². The smallest absolute Gasteiger partial charge is 0.481 e. The molecule has 37 heavy (non-hydrogen) atoms. The summed E-state index contributed by atoms with van der Waals surface area (Å²) in [6.07, 6.45) is -3.72. The summed E-state index contributed by atoms with van der Waals surface area (Å²) in [7, 11) is 0. The van der Waals surface area contributed by atoms with E-state index in [1.165, 1.54) is 0 Å². The quantitative estimate of drug-likeness (QED) is 0.101. The third-order valence-corrected chi connectivity index (χ3v) is 3.98. The topological polar surface area (TPSA) is 248 Å². The first kappa shape index (κ1) is 33.3. The number of aliphatic carboxylic acids is 4. The number of carbonyl (C=O) groups is 6. The number of rotatable bonds is 22. The summed E-state index contributed by atoms with van der Waals surface area (Å²) in [6, 6.07) is 0. The van der Waals surface area contributed by atoms with Gasteiger partial charge in [0.25, 0.3) is 0 Å². The van der Waals surface area contributed by atoms with E-state index in [0.717, 1.165) is 0 Å². The third-order valence-electron chi connectivity index (χ3n) is 3.98. The molecule has 0 radical (unpaired) electrons. The molecular weight excluding hydrogens is 512 g/mol. The largest absolute Gasteiger partial charge is 0.508 e. The minimum absolute atomic E-state index is 0.00338. The molecule has 4 N–H and O–H groups in total. The van der Waals surface area contributed by atoms with E-state index >= 15 is 0 Å². The molecule has 2 atom stereocenters. The van der Waals surface area contributed by atoms with Crippen molar-refractivity contribution < 1.29 is 82.4 Å². The van der Waals surface area contributed by atoms with Crippen LogP contribution < -0.4 is 0 Å². The van der Waals surface area contributed by atoms with E-state index in [1.54, 1.807) is 0 Å².